The van der Waals surface area contributed by atoms with Crippen molar-refractivity contribution in [1.29, 1.82) is 0 Å². The second kappa shape index (κ2) is 6.38. The molecule has 0 atom stereocenters. The van der Waals surface area contributed by atoms with Gasteiger partial charge in [-0.15, -0.1) is 0 Å². The summed E-state index contributed by atoms with van der Waals surface area (Å²) in [5.41, 5.74) is 1.44. The summed E-state index contributed by atoms with van der Waals surface area (Å²) >= 11 is 0. The van der Waals surface area contributed by atoms with Crippen LogP contribution >= 0.6 is 0 Å². The average molecular weight is 245 g/mol. The first kappa shape index (κ1) is 13.6. The van der Waals surface area contributed by atoms with E-state index in [9.17, 15) is 0 Å². The monoisotopic (exact) mass is 245 g/mol. The Morgan fingerprint density at radius 1 is 1.06 bits per heavy atom. The predicted octanol–water partition coefficient (Wildman–Crippen LogP) is 4.33. The van der Waals surface area contributed by atoms with Crippen LogP contribution in [0, 0.1) is 11.8 Å². The van der Waals surface area contributed by atoms with E-state index in [-0.39, 0.29) is 0 Å². The normalized spacial score (nSPS) is 24.7. The Morgan fingerprint density at radius 2 is 1.67 bits per heavy atom. The van der Waals surface area contributed by atoms with Crippen molar-refractivity contribution in [3.63, 3.8) is 0 Å². The lowest BCUT2D eigenvalue weighted by Gasteiger charge is -2.36. The van der Waals surface area contributed by atoms with Gasteiger partial charge in [0.15, 0.2) is 0 Å². The highest BCUT2D eigenvalue weighted by Gasteiger charge is 2.25. The zero-order valence-corrected chi connectivity index (χ0v) is 12.1. The predicted molar refractivity (Wildman–Crippen MR) is 78.5 cm³/mol. The molecule has 0 radical (unpaired) electrons. The van der Waals surface area contributed by atoms with Crippen LogP contribution in [0.1, 0.15) is 45.1 Å². The molecule has 100 valence electrons. The first-order chi connectivity index (χ1) is 8.66. The molecule has 0 aromatic heterocycles. The number of rotatable bonds is 4. The fraction of sp³-hybridized carbons (Fsp3) is 0.647. The van der Waals surface area contributed by atoms with Crippen LogP contribution < -0.4 is 0 Å². The summed E-state index contributed by atoms with van der Waals surface area (Å²) in [6.07, 6.45) is 5.60. The molecule has 0 heterocycles. The van der Waals surface area contributed by atoms with Gasteiger partial charge >= 0.3 is 0 Å². The molecule has 0 N–H and O–H groups in total. The van der Waals surface area contributed by atoms with Gasteiger partial charge in [-0.25, -0.2) is 0 Å². The fourth-order valence-electron chi connectivity index (χ4n) is 3.21. The maximum atomic E-state index is 2.55. The van der Waals surface area contributed by atoms with E-state index in [0.717, 1.165) is 24.4 Å². The number of hydrogen-bond donors (Lipinski definition) is 0. The molecule has 0 aliphatic heterocycles. The van der Waals surface area contributed by atoms with E-state index in [0.29, 0.717) is 0 Å². The van der Waals surface area contributed by atoms with Gasteiger partial charge in [0.2, 0.25) is 0 Å². The molecule has 1 heteroatoms. The third kappa shape index (κ3) is 3.58. The molecule has 1 saturated carbocycles. The molecule has 2 rings (SSSR count). The zero-order valence-electron chi connectivity index (χ0n) is 12.1. The minimum absolute atomic E-state index is 0.792. The molecule has 0 unspecified atom stereocenters. The van der Waals surface area contributed by atoms with E-state index < -0.39 is 0 Å². The number of benzene rings is 1. The minimum Gasteiger partial charge on any atom is -0.299 e. The van der Waals surface area contributed by atoms with E-state index in [1.807, 2.05) is 0 Å². The van der Waals surface area contributed by atoms with E-state index in [2.05, 4.69) is 56.1 Å². The highest BCUT2D eigenvalue weighted by Crippen LogP contribution is 2.32. The third-order valence-corrected chi connectivity index (χ3v) is 4.58. The molecular formula is C17H27N. The van der Waals surface area contributed by atoms with Crippen molar-refractivity contribution in [2.75, 3.05) is 7.05 Å². The standard InChI is InChI=1S/C17H27N/c1-14(2)16-9-11-17(12-10-16)18(3)13-15-7-5-4-6-8-15/h4-8,14,16-17H,9-13H2,1-3H3. The van der Waals surface area contributed by atoms with Gasteiger partial charge in [-0.2, -0.15) is 0 Å². The Kier molecular flexibility index (Phi) is 4.82. The smallest absolute Gasteiger partial charge is 0.0233 e. The maximum Gasteiger partial charge on any atom is 0.0233 e. The summed E-state index contributed by atoms with van der Waals surface area (Å²) in [5.74, 6) is 1.83. The maximum absolute atomic E-state index is 2.55. The van der Waals surface area contributed by atoms with Crippen molar-refractivity contribution in [1.82, 2.24) is 4.90 Å². The molecule has 1 aliphatic carbocycles. The molecule has 18 heavy (non-hydrogen) atoms. The van der Waals surface area contributed by atoms with E-state index in [1.54, 1.807) is 0 Å². The van der Waals surface area contributed by atoms with E-state index in [4.69, 9.17) is 0 Å². The Hall–Kier alpha value is -0.820. The quantitative estimate of drug-likeness (QED) is 0.763. The molecule has 0 spiro atoms. The van der Waals surface area contributed by atoms with Crippen LogP contribution in [0.25, 0.3) is 0 Å². The summed E-state index contributed by atoms with van der Waals surface area (Å²) in [6.45, 7) is 5.84. The van der Waals surface area contributed by atoms with E-state index >= 15 is 0 Å². The van der Waals surface area contributed by atoms with Gasteiger partial charge in [0.05, 0.1) is 0 Å². The van der Waals surface area contributed by atoms with Gasteiger partial charge < -0.3 is 0 Å². The Labute approximate surface area is 112 Å². The molecule has 1 nitrogen and oxygen atoms in total. The van der Waals surface area contributed by atoms with Gasteiger partial charge in [0, 0.05) is 12.6 Å². The summed E-state index contributed by atoms with van der Waals surface area (Å²) < 4.78 is 0. The van der Waals surface area contributed by atoms with Gasteiger partial charge in [0.25, 0.3) is 0 Å². The first-order valence-corrected chi connectivity index (χ1v) is 7.41. The van der Waals surface area contributed by atoms with Crippen molar-refractivity contribution >= 4 is 0 Å². The van der Waals surface area contributed by atoms with Gasteiger partial charge in [0.1, 0.15) is 0 Å². The summed E-state index contributed by atoms with van der Waals surface area (Å²) in [4.78, 5) is 2.55. The Bertz CT molecular complexity index is 336. The van der Waals surface area contributed by atoms with Crippen molar-refractivity contribution < 1.29 is 0 Å². The number of nitrogens with zero attached hydrogens (tertiary/aromatic N) is 1. The van der Waals surface area contributed by atoms with Crippen LogP contribution in [0.4, 0.5) is 0 Å². The van der Waals surface area contributed by atoms with Gasteiger partial charge in [-0.05, 0) is 50.1 Å². The SMILES string of the molecule is CC(C)C1CCC(N(C)Cc2ccccc2)CC1. The summed E-state index contributed by atoms with van der Waals surface area (Å²) in [6, 6.07) is 11.6. The second-order valence-electron chi connectivity index (χ2n) is 6.21. The molecule has 0 saturated heterocycles. The van der Waals surface area contributed by atoms with Crippen LogP contribution in [0.2, 0.25) is 0 Å². The molecule has 1 aromatic rings. The molecule has 1 aliphatic rings. The summed E-state index contributed by atoms with van der Waals surface area (Å²) in [7, 11) is 2.29. The fourth-order valence-corrected chi connectivity index (χ4v) is 3.21. The molecule has 1 aromatic carbocycles. The lowest BCUT2D eigenvalue weighted by Crippen LogP contribution is -2.35. The topological polar surface area (TPSA) is 3.24 Å². The Balaban J connectivity index is 1.82. The van der Waals surface area contributed by atoms with Crippen LogP contribution in [0.5, 0.6) is 0 Å². The van der Waals surface area contributed by atoms with Gasteiger partial charge in [-0.1, -0.05) is 44.2 Å². The third-order valence-electron chi connectivity index (χ3n) is 4.58. The van der Waals surface area contributed by atoms with E-state index in [1.165, 1.54) is 31.2 Å². The lowest BCUT2D eigenvalue weighted by molar-refractivity contribution is 0.142. The van der Waals surface area contributed by atoms with Gasteiger partial charge in [-0.3, -0.25) is 4.90 Å². The lowest BCUT2D eigenvalue weighted by atomic mass is 9.79. The second-order valence-corrected chi connectivity index (χ2v) is 6.21. The Morgan fingerprint density at radius 3 is 2.22 bits per heavy atom. The molecular weight excluding hydrogens is 218 g/mol. The van der Waals surface area contributed by atoms with Crippen molar-refractivity contribution in [2.45, 2.75) is 52.1 Å². The van der Waals surface area contributed by atoms with Crippen molar-refractivity contribution in [3.8, 4) is 0 Å². The zero-order chi connectivity index (χ0) is 13.0. The average Bonchev–Trinajstić information content (AvgIpc) is 2.40. The summed E-state index contributed by atoms with van der Waals surface area (Å²) in [5, 5.41) is 0. The van der Waals surface area contributed by atoms with Crippen LogP contribution in [0.3, 0.4) is 0 Å². The van der Waals surface area contributed by atoms with Crippen molar-refractivity contribution in [2.24, 2.45) is 11.8 Å². The first-order valence-electron chi connectivity index (χ1n) is 7.41. The van der Waals surface area contributed by atoms with Crippen molar-refractivity contribution in [3.05, 3.63) is 35.9 Å². The minimum atomic E-state index is 0.792. The molecule has 1 fully saturated rings. The van der Waals surface area contributed by atoms with Crippen LogP contribution in [-0.2, 0) is 6.54 Å². The van der Waals surface area contributed by atoms with Crippen LogP contribution in [0.15, 0.2) is 30.3 Å². The highest BCUT2D eigenvalue weighted by atomic mass is 15.1. The van der Waals surface area contributed by atoms with Crippen LogP contribution in [-0.4, -0.2) is 18.0 Å². The highest BCUT2D eigenvalue weighted by molar-refractivity contribution is 5.14. The molecule has 0 bridgehead atoms. The molecule has 0 amide bonds. The number of hydrogen-bond acceptors (Lipinski definition) is 1. The largest absolute Gasteiger partial charge is 0.299 e.